The van der Waals surface area contributed by atoms with Crippen molar-refractivity contribution in [3.63, 3.8) is 0 Å². The molecule has 4 rings (SSSR count). The SMILES string of the molecule is C[C@]12CC[C@H]3[C@@H](CCC4=CC(=O)C(=NOCC(=O)O)C[C@@]43C)[C@@H]1CC[C@@H]2O. The van der Waals surface area contributed by atoms with Gasteiger partial charge in [0.15, 0.2) is 0 Å². The molecule has 0 bridgehead atoms. The summed E-state index contributed by atoms with van der Waals surface area (Å²) in [4.78, 5) is 28.0. The van der Waals surface area contributed by atoms with Gasteiger partial charge in [0.25, 0.3) is 0 Å². The number of carboxylic acids is 1. The van der Waals surface area contributed by atoms with Crippen molar-refractivity contribution < 1.29 is 24.6 Å². The van der Waals surface area contributed by atoms with Crippen molar-refractivity contribution in [3.8, 4) is 0 Å². The highest BCUT2D eigenvalue weighted by molar-refractivity contribution is 6.45. The van der Waals surface area contributed by atoms with Crippen molar-refractivity contribution in [1.29, 1.82) is 0 Å². The van der Waals surface area contributed by atoms with Crippen molar-refractivity contribution >= 4 is 17.5 Å². The maximum absolute atomic E-state index is 12.4. The molecule has 6 heteroatoms. The summed E-state index contributed by atoms with van der Waals surface area (Å²) in [5, 5.41) is 23.1. The van der Waals surface area contributed by atoms with Gasteiger partial charge in [-0.2, -0.15) is 0 Å². The number of carbonyl (C=O) groups is 2. The van der Waals surface area contributed by atoms with E-state index in [4.69, 9.17) is 9.94 Å². The van der Waals surface area contributed by atoms with E-state index < -0.39 is 12.6 Å². The zero-order valence-electron chi connectivity index (χ0n) is 16.1. The summed E-state index contributed by atoms with van der Waals surface area (Å²) in [6.45, 7) is 3.97. The van der Waals surface area contributed by atoms with Crippen LogP contribution in [0.5, 0.6) is 0 Å². The molecule has 0 radical (unpaired) electrons. The Morgan fingerprint density at radius 1 is 1.26 bits per heavy atom. The van der Waals surface area contributed by atoms with E-state index in [9.17, 15) is 14.7 Å². The van der Waals surface area contributed by atoms with Crippen LogP contribution in [0.15, 0.2) is 16.8 Å². The molecule has 4 aliphatic carbocycles. The van der Waals surface area contributed by atoms with Gasteiger partial charge in [-0.1, -0.05) is 24.6 Å². The Bertz CT molecular complexity index is 728. The summed E-state index contributed by atoms with van der Waals surface area (Å²) in [5.41, 5.74) is 1.46. The number of hydrogen-bond acceptors (Lipinski definition) is 5. The van der Waals surface area contributed by atoms with E-state index in [1.807, 2.05) is 0 Å². The van der Waals surface area contributed by atoms with Gasteiger partial charge in [0.1, 0.15) is 5.71 Å². The van der Waals surface area contributed by atoms with Gasteiger partial charge in [0.2, 0.25) is 12.4 Å². The third-order valence-corrected chi connectivity index (χ3v) is 8.17. The van der Waals surface area contributed by atoms with Crippen LogP contribution in [0.4, 0.5) is 0 Å². The number of carbonyl (C=O) groups excluding carboxylic acids is 1. The largest absolute Gasteiger partial charge is 0.479 e. The third-order valence-electron chi connectivity index (χ3n) is 8.17. The number of aliphatic hydroxyl groups excluding tert-OH is 1. The molecule has 0 heterocycles. The molecule has 27 heavy (non-hydrogen) atoms. The zero-order valence-corrected chi connectivity index (χ0v) is 16.1. The Morgan fingerprint density at radius 3 is 2.78 bits per heavy atom. The molecule has 0 aromatic heterocycles. The third kappa shape index (κ3) is 2.84. The molecule has 3 fully saturated rings. The minimum Gasteiger partial charge on any atom is -0.479 e. The standard InChI is InChI=1S/C21H29NO5/c1-20-8-7-15-13(14(20)5-6-18(20)24)4-3-12-9-17(23)16(10-21(12,15)2)22-27-11-19(25)26/h9,13-15,18,24H,3-8,10-11H2,1-2H3,(H,25,26)/t13-,14-,15-,18-,20-,21-/m0/s1. The van der Waals surface area contributed by atoms with Crippen LogP contribution in [-0.2, 0) is 14.4 Å². The molecular formula is C21H29NO5. The number of fused-ring (bicyclic) bond motifs is 5. The summed E-state index contributed by atoms with van der Waals surface area (Å²) in [7, 11) is 0. The first-order valence-electron chi connectivity index (χ1n) is 10.1. The van der Waals surface area contributed by atoms with Gasteiger partial charge in [-0.3, -0.25) is 4.79 Å². The minimum absolute atomic E-state index is 0.0325. The molecule has 0 aromatic carbocycles. The molecular weight excluding hydrogens is 346 g/mol. The zero-order chi connectivity index (χ0) is 19.4. The molecule has 2 N–H and O–H groups in total. The quantitative estimate of drug-likeness (QED) is 0.740. The first kappa shape index (κ1) is 18.7. The van der Waals surface area contributed by atoms with E-state index in [1.165, 1.54) is 5.57 Å². The lowest BCUT2D eigenvalue weighted by molar-refractivity contribution is -0.142. The molecule has 3 saturated carbocycles. The molecule has 0 unspecified atom stereocenters. The second kappa shape index (κ2) is 6.43. The van der Waals surface area contributed by atoms with Crippen LogP contribution in [0, 0.1) is 28.6 Å². The molecule has 0 aromatic rings. The fourth-order valence-electron chi connectivity index (χ4n) is 6.70. The number of rotatable bonds is 3. The molecule has 4 aliphatic rings. The van der Waals surface area contributed by atoms with Crippen LogP contribution in [0.2, 0.25) is 0 Å². The van der Waals surface area contributed by atoms with Crippen molar-refractivity contribution in [1.82, 2.24) is 0 Å². The summed E-state index contributed by atoms with van der Waals surface area (Å²) in [5.74, 6) is 0.333. The number of aliphatic hydroxyl groups is 1. The smallest absolute Gasteiger partial charge is 0.344 e. The maximum Gasteiger partial charge on any atom is 0.344 e. The van der Waals surface area contributed by atoms with Crippen molar-refractivity contribution in [2.45, 2.75) is 64.9 Å². The van der Waals surface area contributed by atoms with Crippen LogP contribution >= 0.6 is 0 Å². The fourth-order valence-corrected chi connectivity index (χ4v) is 6.70. The molecule has 6 atom stereocenters. The van der Waals surface area contributed by atoms with Crippen LogP contribution in [0.3, 0.4) is 0 Å². The monoisotopic (exact) mass is 375 g/mol. The van der Waals surface area contributed by atoms with E-state index in [1.54, 1.807) is 6.08 Å². The Balaban J connectivity index is 1.61. The summed E-state index contributed by atoms with van der Waals surface area (Å²) in [6, 6.07) is 0. The van der Waals surface area contributed by atoms with E-state index in [2.05, 4.69) is 19.0 Å². The topological polar surface area (TPSA) is 96.2 Å². The highest BCUT2D eigenvalue weighted by atomic mass is 16.6. The predicted molar refractivity (Wildman–Crippen MR) is 99.1 cm³/mol. The number of nitrogens with zero attached hydrogens (tertiary/aromatic N) is 1. The van der Waals surface area contributed by atoms with E-state index in [0.717, 1.165) is 38.5 Å². The fraction of sp³-hybridized carbons (Fsp3) is 0.762. The van der Waals surface area contributed by atoms with Gasteiger partial charge in [0, 0.05) is 6.42 Å². The molecule has 0 aliphatic heterocycles. The molecule has 148 valence electrons. The number of hydrogen-bond donors (Lipinski definition) is 2. The lowest BCUT2D eigenvalue weighted by atomic mass is 9.47. The number of carboxylic acid groups (broad SMARTS) is 1. The van der Waals surface area contributed by atoms with Gasteiger partial charge in [-0.05, 0) is 73.2 Å². The normalized spacial score (nSPS) is 44.9. The molecule has 0 saturated heterocycles. The number of ketones is 1. The minimum atomic E-state index is -1.10. The van der Waals surface area contributed by atoms with Gasteiger partial charge in [-0.15, -0.1) is 0 Å². The van der Waals surface area contributed by atoms with Crippen molar-refractivity contribution in [2.75, 3.05) is 6.61 Å². The number of allylic oxidation sites excluding steroid dienone is 1. The summed E-state index contributed by atoms with van der Waals surface area (Å²) >= 11 is 0. The van der Waals surface area contributed by atoms with Crippen LogP contribution in [-0.4, -0.2) is 40.4 Å². The molecule has 0 amide bonds. The lowest BCUT2D eigenvalue weighted by Crippen LogP contribution is -2.52. The summed E-state index contributed by atoms with van der Waals surface area (Å²) in [6.07, 6.45) is 8.14. The van der Waals surface area contributed by atoms with Gasteiger partial charge in [-0.25, -0.2) is 4.79 Å². The molecule has 0 spiro atoms. The van der Waals surface area contributed by atoms with Crippen LogP contribution in [0.1, 0.15) is 58.8 Å². The van der Waals surface area contributed by atoms with Gasteiger partial charge < -0.3 is 15.1 Å². The first-order chi connectivity index (χ1) is 12.8. The highest BCUT2D eigenvalue weighted by Gasteiger charge is 2.59. The maximum atomic E-state index is 12.4. The second-order valence-electron chi connectivity index (χ2n) is 9.39. The average molecular weight is 375 g/mol. The van der Waals surface area contributed by atoms with E-state index in [-0.39, 0.29) is 22.7 Å². The molecule has 6 nitrogen and oxygen atoms in total. The lowest BCUT2D eigenvalue weighted by Gasteiger charge is -2.57. The number of oxime groups is 1. The second-order valence-corrected chi connectivity index (χ2v) is 9.39. The average Bonchev–Trinajstić information content (AvgIpc) is 2.91. The Morgan fingerprint density at radius 2 is 2.04 bits per heavy atom. The van der Waals surface area contributed by atoms with E-state index >= 15 is 0 Å². The summed E-state index contributed by atoms with van der Waals surface area (Å²) < 4.78 is 0. The predicted octanol–water partition coefficient (Wildman–Crippen LogP) is 2.95. The van der Waals surface area contributed by atoms with Crippen molar-refractivity contribution in [2.24, 2.45) is 33.7 Å². The highest BCUT2D eigenvalue weighted by Crippen LogP contribution is 2.65. The van der Waals surface area contributed by atoms with E-state index in [0.29, 0.717) is 29.9 Å². The van der Waals surface area contributed by atoms with Crippen LogP contribution < -0.4 is 0 Å². The van der Waals surface area contributed by atoms with Crippen molar-refractivity contribution in [3.05, 3.63) is 11.6 Å². The van der Waals surface area contributed by atoms with Crippen LogP contribution in [0.25, 0.3) is 0 Å². The number of aliphatic carboxylic acids is 1. The van der Waals surface area contributed by atoms with Gasteiger partial charge in [0.05, 0.1) is 6.10 Å². The Kier molecular flexibility index (Phi) is 4.45. The van der Waals surface area contributed by atoms with Gasteiger partial charge >= 0.3 is 5.97 Å². The Hall–Kier alpha value is -1.69. The Labute approximate surface area is 159 Å². The first-order valence-corrected chi connectivity index (χ1v) is 10.1.